The van der Waals surface area contributed by atoms with Gasteiger partial charge in [-0.3, -0.25) is 0 Å². The first-order chi connectivity index (χ1) is 8.57. The van der Waals surface area contributed by atoms with Crippen molar-refractivity contribution < 1.29 is 5.11 Å². The molecule has 0 spiro atoms. The van der Waals surface area contributed by atoms with Crippen molar-refractivity contribution >= 4 is 0 Å². The van der Waals surface area contributed by atoms with Crippen molar-refractivity contribution in [2.45, 2.75) is 76.5 Å². The van der Waals surface area contributed by atoms with E-state index >= 15 is 0 Å². The smallest absolute Gasteiger partial charge is 0.0774 e. The highest BCUT2D eigenvalue weighted by Crippen LogP contribution is 2.31. The van der Waals surface area contributed by atoms with Gasteiger partial charge in [-0.2, -0.15) is 0 Å². The molecule has 18 heavy (non-hydrogen) atoms. The van der Waals surface area contributed by atoms with Crippen molar-refractivity contribution in [3.63, 3.8) is 0 Å². The third-order valence-electron chi connectivity index (χ3n) is 4.65. The molecule has 4 atom stereocenters. The van der Waals surface area contributed by atoms with Gasteiger partial charge in [-0.05, 0) is 51.5 Å². The van der Waals surface area contributed by atoms with E-state index in [9.17, 15) is 5.11 Å². The number of aliphatic hydroxyl groups is 1. The monoisotopic (exact) mass is 254 g/mol. The van der Waals surface area contributed by atoms with E-state index in [1.54, 1.807) is 0 Å². The lowest BCUT2D eigenvalue weighted by atomic mass is 9.79. The summed E-state index contributed by atoms with van der Waals surface area (Å²) in [4.78, 5) is 0. The molecule has 106 valence electrons. The van der Waals surface area contributed by atoms with Gasteiger partial charge in [-0.1, -0.05) is 19.8 Å². The Hall–Kier alpha value is -0.120. The highest BCUT2D eigenvalue weighted by Gasteiger charge is 2.32. The summed E-state index contributed by atoms with van der Waals surface area (Å²) in [6.45, 7) is 6.45. The molecule has 3 N–H and O–H groups in total. The zero-order chi connectivity index (χ0) is 13.0. The lowest BCUT2D eigenvalue weighted by molar-refractivity contribution is -0.0136. The molecule has 4 unspecified atom stereocenters. The third kappa shape index (κ3) is 4.22. The van der Waals surface area contributed by atoms with Gasteiger partial charge in [0.25, 0.3) is 0 Å². The quantitative estimate of drug-likeness (QED) is 0.703. The molecule has 0 radical (unpaired) electrons. The number of hydrogen-bond donors (Lipinski definition) is 3. The van der Waals surface area contributed by atoms with E-state index in [1.165, 1.54) is 38.6 Å². The molecular formula is C15H30N2O. The first-order valence-electron chi connectivity index (χ1n) is 7.76. The van der Waals surface area contributed by atoms with Gasteiger partial charge in [0.1, 0.15) is 0 Å². The normalized spacial score (nSPS) is 38.8. The highest BCUT2D eigenvalue weighted by molar-refractivity contribution is 4.88. The summed E-state index contributed by atoms with van der Waals surface area (Å²) in [5, 5.41) is 17.7. The molecule has 0 aromatic rings. The summed E-state index contributed by atoms with van der Waals surface area (Å²) < 4.78 is 0. The Morgan fingerprint density at radius 2 is 2.22 bits per heavy atom. The van der Waals surface area contributed by atoms with Crippen molar-refractivity contribution in [3.05, 3.63) is 0 Å². The minimum atomic E-state index is -0.449. The van der Waals surface area contributed by atoms with Crippen molar-refractivity contribution in [3.8, 4) is 0 Å². The van der Waals surface area contributed by atoms with Crippen molar-refractivity contribution in [2.24, 2.45) is 5.92 Å². The first kappa shape index (κ1) is 14.3. The number of rotatable bonds is 5. The molecule has 3 nitrogen and oxygen atoms in total. The summed E-state index contributed by atoms with van der Waals surface area (Å²) in [6.07, 6.45) is 8.21. The van der Waals surface area contributed by atoms with E-state index in [4.69, 9.17) is 0 Å². The molecule has 0 bridgehead atoms. The fraction of sp³-hybridized carbons (Fsp3) is 1.00. The highest BCUT2D eigenvalue weighted by atomic mass is 16.3. The number of nitrogens with one attached hydrogen (secondary N) is 2. The molecule has 3 heteroatoms. The second kappa shape index (κ2) is 6.36. The molecular weight excluding hydrogens is 224 g/mol. The van der Waals surface area contributed by atoms with Crippen LogP contribution in [0.4, 0.5) is 0 Å². The van der Waals surface area contributed by atoms with Gasteiger partial charge in [0.15, 0.2) is 0 Å². The van der Waals surface area contributed by atoms with Gasteiger partial charge < -0.3 is 15.7 Å². The maximum absolute atomic E-state index is 10.6. The predicted molar refractivity (Wildman–Crippen MR) is 75.7 cm³/mol. The summed E-state index contributed by atoms with van der Waals surface area (Å²) in [7, 11) is 0. The molecule has 0 aromatic heterocycles. The third-order valence-corrected chi connectivity index (χ3v) is 4.65. The average Bonchev–Trinajstić information content (AvgIpc) is 2.79. The van der Waals surface area contributed by atoms with Crippen molar-refractivity contribution in [1.29, 1.82) is 0 Å². The molecule has 0 aromatic carbocycles. The van der Waals surface area contributed by atoms with Crippen molar-refractivity contribution in [2.75, 3.05) is 13.1 Å². The molecule has 1 saturated heterocycles. The Morgan fingerprint density at radius 3 is 2.89 bits per heavy atom. The molecule has 2 aliphatic rings. The van der Waals surface area contributed by atoms with E-state index < -0.39 is 5.60 Å². The van der Waals surface area contributed by atoms with Gasteiger partial charge >= 0.3 is 0 Å². The summed E-state index contributed by atoms with van der Waals surface area (Å²) in [5.41, 5.74) is -0.449. The van der Waals surface area contributed by atoms with Gasteiger partial charge in [0, 0.05) is 18.6 Å². The summed E-state index contributed by atoms with van der Waals surface area (Å²) >= 11 is 0. The zero-order valence-electron chi connectivity index (χ0n) is 12.0. The van der Waals surface area contributed by atoms with E-state index in [-0.39, 0.29) is 0 Å². The maximum Gasteiger partial charge on any atom is 0.0774 e. The molecule has 1 heterocycles. The van der Waals surface area contributed by atoms with Crippen LogP contribution in [-0.2, 0) is 0 Å². The van der Waals surface area contributed by atoms with Gasteiger partial charge in [0.2, 0.25) is 0 Å². The summed E-state index contributed by atoms with van der Waals surface area (Å²) in [6, 6.07) is 1.19. The number of hydrogen-bond acceptors (Lipinski definition) is 3. The minimum absolute atomic E-state index is 0.449. The Kier molecular flexibility index (Phi) is 5.05. The average molecular weight is 254 g/mol. The first-order valence-corrected chi connectivity index (χ1v) is 7.76. The lowest BCUT2D eigenvalue weighted by Crippen LogP contribution is -2.47. The SMILES string of the molecule is CC1CCCC(O)(CNC(C)CC2CCCN2)C1. The van der Waals surface area contributed by atoms with Crippen LogP contribution in [0.5, 0.6) is 0 Å². The zero-order valence-corrected chi connectivity index (χ0v) is 12.0. The van der Waals surface area contributed by atoms with Crippen LogP contribution in [-0.4, -0.2) is 35.9 Å². The molecule has 0 amide bonds. The second-order valence-electron chi connectivity index (χ2n) is 6.74. The van der Waals surface area contributed by atoms with Crippen LogP contribution in [0.25, 0.3) is 0 Å². The Bertz CT molecular complexity index is 253. The Morgan fingerprint density at radius 1 is 1.39 bits per heavy atom. The largest absolute Gasteiger partial charge is 0.389 e. The van der Waals surface area contributed by atoms with Crippen molar-refractivity contribution in [1.82, 2.24) is 10.6 Å². The molecule has 2 fully saturated rings. The van der Waals surface area contributed by atoms with Crippen LogP contribution in [0.1, 0.15) is 58.8 Å². The molecule has 2 rings (SSSR count). The summed E-state index contributed by atoms with van der Waals surface area (Å²) in [5.74, 6) is 0.678. The van der Waals surface area contributed by atoms with Crippen LogP contribution < -0.4 is 10.6 Å². The van der Waals surface area contributed by atoms with Gasteiger partial charge in [-0.15, -0.1) is 0 Å². The van der Waals surface area contributed by atoms with Gasteiger partial charge in [0.05, 0.1) is 5.60 Å². The topological polar surface area (TPSA) is 44.3 Å². The minimum Gasteiger partial charge on any atom is -0.389 e. The van der Waals surface area contributed by atoms with E-state index in [1.807, 2.05) is 0 Å². The second-order valence-corrected chi connectivity index (χ2v) is 6.74. The fourth-order valence-corrected chi connectivity index (χ4v) is 3.63. The Balaban J connectivity index is 1.69. The fourth-order valence-electron chi connectivity index (χ4n) is 3.63. The molecule has 1 aliphatic heterocycles. The van der Waals surface area contributed by atoms with Crippen LogP contribution in [0, 0.1) is 5.92 Å². The standard InChI is InChI=1S/C15H30N2O/c1-12-5-3-7-15(18,10-12)11-17-13(2)9-14-6-4-8-16-14/h12-14,16-18H,3-11H2,1-2H3. The molecule has 1 aliphatic carbocycles. The van der Waals surface area contributed by atoms with Crippen LogP contribution in [0.2, 0.25) is 0 Å². The van der Waals surface area contributed by atoms with Crippen LogP contribution in [0.15, 0.2) is 0 Å². The van der Waals surface area contributed by atoms with Gasteiger partial charge in [-0.25, -0.2) is 0 Å². The predicted octanol–water partition coefficient (Wildman–Crippen LogP) is 2.05. The molecule has 1 saturated carbocycles. The van der Waals surface area contributed by atoms with E-state index in [2.05, 4.69) is 24.5 Å². The Labute approximate surface area is 112 Å². The lowest BCUT2D eigenvalue weighted by Gasteiger charge is -2.36. The van der Waals surface area contributed by atoms with Crippen LogP contribution in [0.3, 0.4) is 0 Å². The van der Waals surface area contributed by atoms with E-state index in [0.717, 1.165) is 19.4 Å². The van der Waals surface area contributed by atoms with E-state index in [0.29, 0.717) is 18.0 Å². The van der Waals surface area contributed by atoms with Crippen LogP contribution >= 0.6 is 0 Å². The maximum atomic E-state index is 10.6.